The lowest BCUT2D eigenvalue weighted by molar-refractivity contribution is 0.0600. The SMILES string of the molecule is COC(=O)c1cnc2c(-c3ccc(F)cc3)cccc2c1. The molecule has 21 heavy (non-hydrogen) atoms. The molecule has 0 aliphatic rings. The van der Waals surface area contributed by atoms with Gasteiger partial charge in [0.2, 0.25) is 0 Å². The fourth-order valence-electron chi connectivity index (χ4n) is 2.25. The summed E-state index contributed by atoms with van der Waals surface area (Å²) in [5.74, 6) is -0.698. The molecule has 1 heterocycles. The average molecular weight is 281 g/mol. The fraction of sp³-hybridized carbons (Fsp3) is 0.0588. The molecule has 0 saturated carbocycles. The van der Waals surface area contributed by atoms with Crippen molar-refractivity contribution in [3.63, 3.8) is 0 Å². The van der Waals surface area contributed by atoms with Crippen LogP contribution in [0.3, 0.4) is 0 Å². The van der Waals surface area contributed by atoms with Crippen LogP contribution in [0, 0.1) is 5.82 Å². The van der Waals surface area contributed by atoms with E-state index < -0.39 is 5.97 Å². The molecule has 0 aliphatic heterocycles. The summed E-state index contributed by atoms with van der Waals surface area (Å²) in [5, 5.41) is 0.833. The van der Waals surface area contributed by atoms with Gasteiger partial charge in [0.1, 0.15) is 5.82 Å². The Balaban J connectivity index is 2.16. The normalized spacial score (nSPS) is 10.6. The van der Waals surface area contributed by atoms with Crippen molar-refractivity contribution in [2.75, 3.05) is 7.11 Å². The van der Waals surface area contributed by atoms with E-state index in [1.54, 1.807) is 18.2 Å². The number of hydrogen-bond donors (Lipinski definition) is 0. The third-order valence-electron chi connectivity index (χ3n) is 3.29. The molecular formula is C17H12FNO2. The van der Waals surface area contributed by atoms with Crippen molar-refractivity contribution in [2.45, 2.75) is 0 Å². The van der Waals surface area contributed by atoms with Crippen LogP contribution in [0.5, 0.6) is 0 Å². The van der Waals surface area contributed by atoms with Gasteiger partial charge < -0.3 is 4.74 Å². The molecule has 4 heteroatoms. The number of benzene rings is 2. The van der Waals surface area contributed by atoms with Crippen LogP contribution >= 0.6 is 0 Å². The molecule has 0 N–H and O–H groups in total. The molecule has 0 radical (unpaired) electrons. The number of carbonyl (C=O) groups excluding carboxylic acids is 1. The van der Waals surface area contributed by atoms with E-state index in [0.717, 1.165) is 22.0 Å². The van der Waals surface area contributed by atoms with Crippen molar-refractivity contribution in [3.8, 4) is 11.1 Å². The summed E-state index contributed by atoms with van der Waals surface area (Å²) in [5.41, 5.74) is 2.93. The number of nitrogens with zero attached hydrogens (tertiary/aromatic N) is 1. The molecule has 0 saturated heterocycles. The van der Waals surface area contributed by atoms with Crippen LogP contribution in [0.25, 0.3) is 22.0 Å². The average Bonchev–Trinajstić information content (AvgIpc) is 2.54. The molecule has 0 unspecified atom stereocenters. The third-order valence-corrected chi connectivity index (χ3v) is 3.29. The minimum atomic E-state index is -0.420. The molecule has 1 aromatic heterocycles. The van der Waals surface area contributed by atoms with Crippen molar-refractivity contribution in [1.29, 1.82) is 0 Å². The Morgan fingerprint density at radius 1 is 1.14 bits per heavy atom. The fourth-order valence-corrected chi connectivity index (χ4v) is 2.25. The first-order valence-electron chi connectivity index (χ1n) is 6.42. The number of methoxy groups -OCH3 is 1. The maximum Gasteiger partial charge on any atom is 0.339 e. The standard InChI is InChI=1S/C17H12FNO2/c1-21-17(20)13-9-12-3-2-4-15(16(12)19-10-13)11-5-7-14(18)8-6-11/h2-10H,1H3. The Morgan fingerprint density at radius 2 is 1.90 bits per heavy atom. The van der Waals surface area contributed by atoms with E-state index in [-0.39, 0.29) is 5.82 Å². The van der Waals surface area contributed by atoms with Crippen LogP contribution in [-0.2, 0) is 4.74 Å². The minimum Gasteiger partial charge on any atom is -0.465 e. The van der Waals surface area contributed by atoms with Gasteiger partial charge in [0.15, 0.2) is 0 Å². The predicted octanol–water partition coefficient (Wildman–Crippen LogP) is 3.83. The largest absolute Gasteiger partial charge is 0.465 e. The molecule has 0 bridgehead atoms. The number of ether oxygens (including phenoxy) is 1. The van der Waals surface area contributed by atoms with E-state index >= 15 is 0 Å². The van der Waals surface area contributed by atoms with E-state index in [2.05, 4.69) is 4.98 Å². The first-order valence-corrected chi connectivity index (χ1v) is 6.42. The third kappa shape index (κ3) is 2.48. The van der Waals surface area contributed by atoms with Gasteiger partial charge in [0.25, 0.3) is 0 Å². The maximum absolute atomic E-state index is 13.0. The molecule has 3 rings (SSSR count). The lowest BCUT2D eigenvalue weighted by atomic mass is 10.0. The highest BCUT2D eigenvalue weighted by Gasteiger charge is 2.10. The zero-order valence-corrected chi connectivity index (χ0v) is 11.3. The summed E-state index contributed by atoms with van der Waals surface area (Å²) < 4.78 is 17.7. The zero-order chi connectivity index (χ0) is 14.8. The molecule has 3 aromatic rings. The van der Waals surface area contributed by atoms with Crippen molar-refractivity contribution in [2.24, 2.45) is 0 Å². The van der Waals surface area contributed by atoms with Gasteiger partial charge in [-0.3, -0.25) is 4.98 Å². The molecule has 0 atom stereocenters. The summed E-state index contributed by atoms with van der Waals surface area (Å²) in [4.78, 5) is 15.9. The van der Waals surface area contributed by atoms with Crippen molar-refractivity contribution in [3.05, 3.63) is 66.1 Å². The second kappa shape index (κ2) is 5.32. The maximum atomic E-state index is 13.0. The Bertz CT molecular complexity index is 813. The Hall–Kier alpha value is -2.75. The minimum absolute atomic E-state index is 0.278. The van der Waals surface area contributed by atoms with E-state index in [4.69, 9.17) is 4.74 Å². The number of fused-ring (bicyclic) bond motifs is 1. The molecule has 0 aliphatic carbocycles. The molecule has 0 spiro atoms. The second-order valence-corrected chi connectivity index (χ2v) is 4.60. The van der Waals surface area contributed by atoms with Gasteiger partial charge in [-0.1, -0.05) is 30.3 Å². The van der Waals surface area contributed by atoms with Gasteiger partial charge in [-0.2, -0.15) is 0 Å². The molecule has 3 nitrogen and oxygen atoms in total. The van der Waals surface area contributed by atoms with Gasteiger partial charge >= 0.3 is 5.97 Å². The van der Waals surface area contributed by atoms with E-state index in [1.807, 2.05) is 18.2 Å². The van der Waals surface area contributed by atoms with Gasteiger partial charge in [-0.15, -0.1) is 0 Å². The monoisotopic (exact) mass is 281 g/mol. The van der Waals surface area contributed by atoms with Crippen molar-refractivity contribution >= 4 is 16.9 Å². The lowest BCUT2D eigenvalue weighted by Crippen LogP contribution is -2.01. The first-order chi connectivity index (χ1) is 10.2. The number of aromatic nitrogens is 1. The highest BCUT2D eigenvalue weighted by Crippen LogP contribution is 2.27. The highest BCUT2D eigenvalue weighted by atomic mass is 19.1. The van der Waals surface area contributed by atoms with Crippen molar-refractivity contribution in [1.82, 2.24) is 4.98 Å². The number of esters is 1. The van der Waals surface area contributed by atoms with Crippen molar-refractivity contribution < 1.29 is 13.9 Å². The Labute approximate surface area is 121 Å². The Morgan fingerprint density at radius 3 is 2.62 bits per heavy atom. The summed E-state index contributed by atoms with van der Waals surface area (Å²) >= 11 is 0. The number of pyridine rings is 1. The van der Waals surface area contributed by atoms with Gasteiger partial charge in [0, 0.05) is 17.1 Å². The summed E-state index contributed by atoms with van der Waals surface area (Å²) in [6.07, 6.45) is 1.49. The Kier molecular flexibility index (Phi) is 3.36. The number of hydrogen-bond acceptors (Lipinski definition) is 3. The highest BCUT2D eigenvalue weighted by molar-refractivity contribution is 5.98. The topological polar surface area (TPSA) is 39.2 Å². The van der Waals surface area contributed by atoms with Crippen LogP contribution in [0.1, 0.15) is 10.4 Å². The summed E-state index contributed by atoms with van der Waals surface area (Å²) in [6, 6.07) is 13.7. The second-order valence-electron chi connectivity index (χ2n) is 4.60. The summed E-state index contributed by atoms with van der Waals surface area (Å²) in [7, 11) is 1.33. The molecule has 0 amide bonds. The van der Waals surface area contributed by atoms with Crippen LogP contribution in [0.15, 0.2) is 54.7 Å². The number of carbonyl (C=O) groups is 1. The number of halogens is 1. The van der Waals surface area contributed by atoms with E-state index in [1.165, 1.54) is 25.4 Å². The summed E-state index contributed by atoms with van der Waals surface area (Å²) in [6.45, 7) is 0. The molecular weight excluding hydrogens is 269 g/mol. The van der Waals surface area contributed by atoms with E-state index in [9.17, 15) is 9.18 Å². The van der Waals surface area contributed by atoms with E-state index in [0.29, 0.717) is 5.56 Å². The van der Waals surface area contributed by atoms with Gasteiger partial charge in [0.05, 0.1) is 18.2 Å². The van der Waals surface area contributed by atoms with Crippen LogP contribution < -0.4 is 0 Å². The zero-order valence-electron chi connectivity index (χ0n) is 11.3. The van der Waals surface area contributed by atoms with Crippen LogP contribution in [-0.4, -0.2) is 18.1 Å². The predicted molar refractivity (Wildman–Crippen MR) is 78.5 cm³/mol. The quantitative estimate of drug-likeness (QED) is 0.670. The van der Waals surface area contributed by atoms with Crippen LogP contribution in [0.2, 0.25) is 0 Å². The first kappa shape index (κ1) is 13.2. The number of rotatable bonds is 2. The number of para-hydroxylation sites is 1. The lowest BCUT2D eigenvalue weighted by Gasteiger charge is -2.07. The molecule has 2 aromatic carbocycles. The molecule has 104 valence electrons. The van der Waals surface area contributed by atoms with Crippen LogP contribution in [0.4, 0.5) is 4.39 Å². The smallest absolute Gasteiger partial charge is 0.339 e. The molecule has 0 fully saturated rings. The van der Waals surface area contributed by atoms with Gasteiger partial charge in [-0.05, 0) is 23.8 Å². The van der Waals surface area contributed by atoms with Gasteiger partial charge in [-0.25, -0.2) is 9.18 Å².